The third kappa shape index (κ3) is 5.67. The molecule has 7 heteroatoms. The Bertz CT molecular complexity index is 520. The highest BCUT2D eigenvalue weighted by Gasteiger charge is 2.19. The van der Waals surface area contributed by atoms with E-state index >= 15 is 0 Å². The number of hydrogen-bond acceptors (Lipinski definition) is 4. The van der Waals surface area contributed by atoms with Gasteiger partial charge in [0.15, 0.2) is 0 Å². The van der Waals surface area contributed by atoms with E-state index < -0.39 is 17.7 Å². The highest BCUT2D eigenvalue weighted by molar-refractivity contribution is 6.30. The minimum Gasteiger partial charge on any atom is -0.465 e. The highest BCUT2D eigenvalue weighted by atomic mass is 35.5. The number of carbonyl (C=O) groups is 2. The van der Waals surface area contributed by atoms with Crippen LogP contribution in [0.3, 0.4) is 0 Å². The Kier molecular flexibility index (Phi) is 5.66. The lowest BCUT2D eigenvalue weighted by atomic mass is 10.2. The quantitative estimate of drug-likeness (QED) is 0.867. The van der Waals surface area contributed by atoms with Crippen LogP contribution in [0.2, 0.25) is 5.15 Å². The van der Waals surface area contributed by atoms with E-state index in [0.717, 1.165) is 0 Å². The van der Waals surface area contributed by atoms with Crippen molar-refractivity contribution in [2.24, 2.45) is 0 Å². The van der Waals surface area contributed by atoms with Crippen LogP contribution in [0.5, 0.6) is 0 Å². The van der Waals surface area contributed by atoms with Gasteiger partial charge in [0.05, 0.1) is 12.7 Å². The van der Waals surface area contributed by atoms with Crippen molar-refractivity contribution in [1.29, 1.82) is 0 Å². The molecule has 0 radical (unpaired) electrons. The predicted molar refractivity (Wildman–Crippen MR) is 79.6 cm³/mol. The lowest BCUT2D eigenvalue weighted by Crippen LogP contribution is -2.39. The second-order valence-corrected chi connectivity index (χ2v) is 6.13. The molecule has 0 aromatic carbocycles. The van der Waals surface area contributed by atoms with Crippen molar-refractivity contribution in [3.8, 4) is 0 Å². The minimum atomic E-state index is -0.549. The van der Waals surface area contributed by atoms with Crippen LogP contribution in [0.25, 0.3) is 0 Å². The summed E-state index contributed by atoms with van der Waals surface area (Å²) in [6, 6.07) is 1.31. The fourth-order valence-electron chi connectivity index (χ4n) is 1.70. The zero-order chi connectivity index (χ0) is 16.2. The third-order valence-electron chi connectivity index (χ3n) is 2.50. The fourth-order valence-corrected chi connectivity index (χ4v) is 1.93. The smallest absolute Gasteiger partial charge is 0.407 e. The molecule has 118 valence electrons. The number of ether oxygens (including phenoxy) is 2. The van der Waals surface area contributed by atoms with Crippen LogP contribution in [0.1, 0.15) is 38.1 Å². The second-order valence-electron chi connectivity index (χ2n) is 5.74. The summed E-state index contributed by atoms with van der Waals surface area (Å²) >= 11 is 6.04. The molecule has 1 aromatic rings. The van der Waals surface area contributed by atoms with Crippen molar-refractivity contribution < 1.29 is 19.1 Å². The first-order valence-corrected chi connectivity index (χ1v) is 6.93. The van der Waals surface area contributed by atoms with Crippen LogP contribution < -0.4 is 5.32 Å². The monoisotopic (exact) mass is 316 g/mol. The molecule has 0 aliphatic rings. The summed E-state index contributed by atoms with van der Waals surface area (Å²) in [4.78, 5) is 23.1. The van der Waals surface area contributed by atoms with E-state index in [2.05, 4.69) is 10.1 Å². The molecule has 0 saturated carbocycles. The van der Waals surface area contributed by atoms with E-state index in [-0.39, 0.29) is 6.04 Å². The number of methoxy groups -OCH3 is 1. The topological polar surface area (TPSA) is 69.6 Å². The summed E-state index contributed by atoms with van der Waals surface area (Å²) in [5, 5.41) is 3.10. The minimum absolute atomic E-state index is 0.213. The summed E-state index contributed by atoms with van der Waals surface area (Å²) in [7, 11) is 1.31. The Morgan fingerprint density at radius 3 is 2.57 bits per heavy atom. The molecule has 21 heavy (non-hydrogen) atoms. The zero-order valence-corrected chi connectivity index (χ0v) is 13.7. The van der Waals surface area contributed by atoms with Crippen molar-refractivity contribution >= 4 is 23.7 Å². The van der Waals surface area contributed by atoms with E-state index in [0.29, 0.717) is 17.3 Å². The van der Waals surface area contributed by atoms with Crippen LogP contribution in [-0.2, 0) is 16.0 Å². The molecule has 0 bridgehead atoms. The van der Waals surface area contributed by atoms with Crippen molar-refractivity contribution in [2.75, 3.05) is 7.11 Å². The molecule has 1 rings (SSSR count). The van der Waals surface area contributed by atoms with Crippen LogP contribution in [0, 0.1) is 0 Å². The number of esters is 1. The van der Waals surface area contributed by atoms with Crippen molar-refractivity contribution in [1.82, 2.24) is 9.88 Å². The number of rotatable bonds is 4. The van der Waals surface area contributed by atoms with E-state index in [1.54, 1.807) is 31.5 Å². The second kappa shape index (κ2) is 6.85. The largest absolute Gasteiger partial charge is 0.465 e. The number of halogens is 1. The maximum Gasteiger partial charge on any atom is 0.407 e. The van der Waals surface area contributed by atoms with Gasteiger partial charge in [-0.25, -0.2) is 9.59 Å². The third-order valence-corrected chi connectivity index (χ3v) is 2.82. The lowest BCUT2D eigenvalue weighted by molar-refractivity contribution is 0.0502. The molecule has 0 fully saturated rings. The summed E-state index contributed by atoms with van der Waals surface area (Å²) in [5.41, 5.74) is -0.181. The molecule has 1 N–H and O–H groups in total. The van der Waals surface area contributed by atoms with Gasteiger partial charge in [-0.3, -0.25) is 0 Å². The van der Waals surface area contributed by atoms with Gasteiger partial charge >= 0.3 is 12.1 Å². The molecular formula is C14H21ClN2O4. The van der Waals surface area contributed by atoms with Crippen molar-refractivity contribution in [3.63, 3.8) is 0 Å². The highest BCUT2D eigenvalue weighted by Crippen LogP contribution is 2.16. The Labute approximate surface area is 129 Å². The number of aromatic nitrogens is 1. The number of amides is 1. The summed E-state index contributed by atoms with van der Waals surface area (Å²) < 4.78 is 11.5. The van der Waals surface area contributed by atoms with E-state index in [9.17, 15) is 9.59 Å². The zero-order valence-electron chi connectivity index (χ0n) is 12.9. The molecule has 0 saturated heterocycles. The molecular weight excluding hydrogens is 296 g/mol. The van der Waals surface area contributed by atoms with E-state index in [1.165, 1.54) is 13.2 Å². The van der Waals surface area contributed by atoms with E-state index in [4.69, 9.17) is 16.3 Å². The SMILES string of the molecule is COC(=O)c1cc(Cl)n(C[C@H](C)NC(=O)OC(C)(C)C)c1. The van der Waals surface area contributed by atoms with Crippen LogP contribution in [0.15, 0.2) is 12.3 Å². The van der Waals surface area contributed by atoms with Gasteiger partial charge in [-0.05, 0) is 33.8 Å². The molecule has 0 spiro atoms. The summed E-state index contributed by atoms with van der Waals surface area (Å²) in [6.07, 6.45) is 1.09. The Morgan fingerprint density at radius 2 is 2.05 bits per heavy atom. The van der Waals surface area contributed by atoms with Gasteiger partial charge in [0.1, 0.15) is 10.8 Å². The van der Waals surface area contributed by atoms with E-state index in [1.807, 2.05) is 6.92 Å². The molecule has 0 unspecified atom stereocenters. The Hall–Kier alpha value is -1.69. The van der Waals surface area contributed by atoms with Gasteiger partial charge in [0.2, 0.25) is 0 Å². The normalized spacial score (nSPS) is 12.7. The molecule has 1 aromatic heterocycles. The van der Waals surface area contributed by atoms with Gasteiger partial charge in [-0.2, -0.15) is 0 Å². The average molecular weight is 317 g/mol. The Balaban J connectivity index is 2.63. The van der Waals surface area contributed by atoms with Gasteiger partial charge in [-0.1, -0.05) is 11.6 Å². The summed E-state index contributed by atoms with van der Waals surface area (Å²) in [5.74, 6) is -0.455. The molecule has 0 aliphatic carbocycles. The number of carbonyl (C=O) groups excluding carboxylic acids is 2. The van der Waals surface area contributed by atoms with Gasteiger partial charge in [0.25, 0.3) is 0 Å². The molecule has 1 atom stereocenters. The summed E-state index contributed by atoms with van der Waals surface area (Å²) in [6.45, 7) is 7.61. The molecule has 6 nitrogen and oxygen atoms in total. The van der Waals surface area contributed by atoms with Gasteiger partial charge in [0, 0.05) is 18.8 Å². The first kappa shape index (κ1) is 17.4. The number of alkyl carbamates (subject to hydrolysis) is 1. The van der Waals surface area contributed by atoms with Crippen molar-refractivity contribution in [3.05, 3.63) is 23.0 Å². The standard InChI is InChI=1S/C14H21ClN2O4/c1-9(16-13(19)21-14(2,3)4)7-17-8-10(6-11(17)15)12(18)20-5/h6,8-9H,7H2,1-5H3,(H,16,19)/t9-/m0/s1. The first-order chi connectivity index (χ1) is 9.62. The van der Waals surface area contributed by atoms with Gasteiger partial charge in [-0.15, -0.1) is 0 Å². The number of hydrogen-bond donors (Lipinski definition) is 1. The maximum absolute atomic E-state index is 11.7. The number of nitrogens with one attached hydrogen (secondary N) is 1. The first-order valence-electron chi connectivity index (χ1n) is 6.56. The van der Waals surface area contributed by atoms with Crippen molar-refractivity contribution in [2.45, 2.75) is 45.9 Å². The average Bonchev–Trinajstić information content (AvgIpc) is 2.67. The van der Waals surface area contributed by atoms with Gasteiger partial charge < -0.3 is 19.4 Å². The Morgan fingerprint density at radius 1 is 1.43 bits per heavy atom. The predicted octanol–water partition coefficient (Wildman–Crippen LogP) is 2.84. The van der Waals surface area contributed by atoms with Crippen LogP contribution in [-0.4, -0.2) is 35.4 Å². The number of nitrogens with zero attached hydrogens (tertiary/aromatic N) is 1. The fraction of sp³-hybridized carbons (Fsp3) is 0.571. The lowest BCUT2D eigenvalue weighted by Gasteiger charge is -2.22. The maximum atomic E-state index is 11.7. The van der Waals surface area contributed by atoms with Crippen LogP contribution >= 0.6 is 11.6 Å². The molecule has 1 amide bonds. The van der Waals surface area contributed by atoms with Crippen LogP contribution in [0.4, 0.5) is 4.79 Å². The molecule has 0 aliphatic heterocycles. The molecule has 1 heterocycles.